The van der Waals surface area contributed by atoms with Crippen LogP contribution in [0.2, 0.25) is 23.2 Å². The smallest absolute Gasteiger partial charge is 0.309 e. The summed E-state index contributed by atoms with van der Waals surface area (Å²) in [5.41, 5.74) is -1.17. The molecule has 0 amide bonds. The molecule has 1 aliphatic carbocycles. The summed E-state index contributed by atoms with van der Waals surface area (Å²) in [6.07, 6.45) is -0.573. The highest BCUT2D eigenvalue weighted by Gasteiger charge is 2.88. The number of esters is 1. The summed E-state index contributed by atoms with van der Waals surface area (Å²) in [5, 5.41) is 2.41. The maximum absolute atomic E-state index is 12.5. The molecule has 0 radical (unpaired) electrons. The van der Waals surface area contributed by atoms with Crippen molar-refractivity contribution < 1.29 is 27.9 Å². The molecule has 4 aliphatic rings. The predicted octanol–water partition coefficient (Wildman–Crippen LogP) is 5.44. The Kier molecular flexibility index (Phi) is 7.08. The van der Waals surface area contributed by atoms with E-state index in [0.29, 0.717) is 13.2 Å². The first-order chi connectivity index (χ1) is 19.6. The van der Waals surface area contributed by atoms with Gasteiger partial charge in [-0.1, -0.05) is 102 Å². The van der Waals surface area contributed by atoms with Crippen LogP contribution in [-0.4, -0.2) is 65.3 Å². The van der Waals surface area contributed by atoms with Crippen LogP contribution in [0.15, 0.2) is 60.7 Å². The first kappa shape index (κ1) is 30.2. The van der Waals surface area contributed by atoms with Gasteiger partial charge in [-0.25, -0.2) is 0 Å². The second kappa shape index (κ2) is 9.84. The maximum Gasteiger partial charge on any atom is 0.309 e. The van der Waals surface area contributed by atoms with Gasteiger partial charge in [0.2, 0.25) is 0 Å². The van der Waals surface area contributed by atoms with Crippen LogP contribution in [0.4, 0.5) is 0 Å². The van der Waals surface area contributed by atoms with Gasteiger partial charge in [0.25, 0.3) is 8.32 Å². The fourth-order valence-electron chi connectivity index (χ4n) is 7.94. The van der Waals surface area contributed by atoms with E-state index in [4.69, 9.17) is 23.1 Å². The fraction of sp³-hybridized carbons (Fsp3) is 0.618. The molecule has 6 rings (SSSR count). The first-order valence-corrected chi connectivity index (χ1v) is 20.3. The van der Waals surface area contributed by atoms with E-state index >= 15 is 0 Å². The van der Waals surface area contributed by atoms with Crippen molar-refractivity contribution in [2.45, 2.75) is 108 Å². The molecule has 0 aromatic heterocycles. The highest BCUT2D eigenvalue weighted by atomic mass is 28.4. The van der Waals surface area contributed by atoms with Gasteiger partial charge >= 0.3 is 5.97 Å². The van der Waals surface area contributed by atoms with Crippen LogP contribution in [0, 0.1) is 11.8 Å². The van der Waals surface area contributed by atoms with Gasteiger partial charge in [-0.15, -0.1) is 0 Å². The van der Waals surface area contributed by atoms with Gasteiger partial charge in [0, 0.05) is 18.4 Å². The van der Waals surface area contributed by atoms with E-state index in [-0.39, 0.29) is 46.5 Å². The monoisotopic (exact) mass is 608 g/mol. The third-order valence-corrected chi connectivity index (χ3v) is 20.6. The van der Waals surface area contributed by atoms with Crippen LogP contribution >= 0.6 is 0 Å². The average Bonchev–Trinajstić information content (AvgIpc) is 3.24. The summed E-state index contributed by atoms with van der Waals surface area (Å²) in [6, 6.07) is 21.6. The van der Waals surface area contributed by atoms with Crippen LogP contribution in [-0.2, 0) is 27.9 Å². The summed E-state index contributed by atoms with van der Waals surface area (Å²) in [6.45, 7) is 21.6. The van der Waals surface area contributed by atoms with E-state index in [0.717, 1.165) is 0 Å². The molecule has 0 N–H and O–H groups in total. The largest absolute Gasteiger partial charge is 0.456 e. The summed E-state index contributed by atoms with van der Waals surface area (Å²) in [4.78, 5) is 12.5. The van der Waals surface area contributed by atoms with E-state index in [1.54, 1.807) is 0 Å². The number of carbonyl (C=O) groups excluding carboxylic acids is 1. The minimum atomic E-state index is -2.78. The van der Waals surface area contributed by atoms with Crippen LogP contribution in [0.1, 0.15) is 54.9 Å². The van der Waals surface area contributed by atoms with Crippen molar-refractivity contribution in [3.8, 4) is 0 Å². The van der Waals surface area contributed by atoms with Crippen molar-refractivity contribution in [3.05, 3.63) is 60.7 Å². The van der Waals surface area contributed by atoms with Gasteiger partial charge in [0.15, 0.2) is 14.4 Å². The van der Waals surface area contributed by atoms with Gasteiger partial charge < -0.3 is 23.1 Å². The molecule has 7 atom stereocenters. The Morgan fingerprint density at radius 3 is 2.00 bits per heavy atom. The molecule has 0 bridgehead atoms. The Morgan fingerprint density at radius 2 is 1.48 bits per heavy atom. The zero-order valence-electron chi connectivity index (χ0n) is 26.7. The number of fused-ring (bicyclic) bond motifs is 1. The molecular weight excluding hydrogens is 561 g/mol. The molecule has 42 heavy (non-hydrogen) atoms. The molecule has 3 heterocycles. The van der Waals surface area contributed by atoms with Crippen LogP contribution in [0.25, 0.3) is 0 Å². The lowest BCUT2D eigenvalue weighted by Crippen LogP contribution is -2.67. The highest BCUT2D eigenvalue weighted by Crippen LogP contribution is 2.70. The Morgan fingerprint density at radius 1 is 0.905 bits per heavy atom. The normalized spacial score (nSPS) is 34.4. The second-order valence-corrected chi connectivity index (χ2v) is 24.6. The number of hydrogen-bond donors (Lipinski definition) is 0. The summed E-state index contributed by atoms with van der Waals surface area (Å²) in [5.74, 6) is -0.172. The van der Waals surface area contributed by atoms with Crippen molar-refractivity contribution in [1.29, 1.82) is 0 Å². The lowest BCUT2D eigenvalue weighted by Gasteiger charge is -2.46. The molecule has 3 aliphatic heterocycles. The minimum Gasteiger partial charge on any atom is -0.456 e. The van der Waals surface area contributed by atoms with Crippen molar-refractivity contribution in [1.82, 2.24) is 0 Å². The van der Waals surface area contributed by atoms with Crippen LogP contribution in [0.5, 0.6) is 0 Å². The lowest BCUT2D eigenvalue weighted by molar-refractivity contribution is -0.160. The lowest BCUT2D eigenvalue weighted by atomic mass is 9.79. The molecule has 4 fully saturated rings. The topological polar surface area (TPSA) is 66.5 Å². The summed E-state index contributed by atoms with van der Waals surface area (Å²) < 4.78 is 33.9. The molecule has 228 valence electrons. The Bertz CT molecular complexity index is 1280. The third kappa shape index (κ3) is 4.27. The van der Waals surface area contributed by atoms with E-state index in [1.807, 2.05) is 0 Å². The Balaban J connectivity index is 1.43. The fourth-order valence-corrected chi connectivity index (χ4v) is 13.9. The van der Waals surface area contributed by atoms with Crippen LogP contribution < -0.4 is 10.4 Å². The molecule has 0 unspecified atom stereocenters. The van der Waals surface area contributed by atoms with Crippen molar-refractivity contribution >= 4 is 33.0 Å². The first-order valence-electron chi connectivity index (χ1n) is 15.5. The van der Waals surface area contributed by atoms with E-state index < -0.39 is 33.9 Å². The van der Waals surface area contributed by atoms with E-state index in [2.05, 4.69) is 122 Å². The quantitative estimate of drug-likeness (QED) is 0.237. The standard InChI is InChI=1S/C34H48O6Si2/c1-31(2,3)41(8,9)39-29-25(26-22-36-27-20-28(35)38-30(27)34(26)33(29,7)40-34)21-37-42(32(4,5)6,23-16-12-10-13-17-23)24-18-14-11-15-19-24/h10-19,25-27,29-30H,20-22H2,1-9H3/t25-,26+,27+,29-,30-,33+,34+/m0/s1. The average molecular weight is 609 g/mol. The van der Waals surface area contributed by atoms with Gasteiger partial charge in [0.1, 0.15) is 17.3 Å². The zero-order chi connectivity index (χ0) is 30.3. The number of carbonyl (C=O) groups is 1. The van der Waals surface area contributed by atoms with E-state index in [1.165, 1.54) is 10.4 Å². The van der Waals surface area contributed by atoms with Gasteiger partial charge in [0.05, 0.1) is 19.1 Å². The molecule has 1 saturated carbocycles. The number of rotatable bonds is 7. The molecule has 8 heteroatoms. The molecule has 3 saturated heterocycles. The minimum absolute atomic E-state index is 0.00244. The molecule has 2 aromatic rings. The second-order valence-electron chi connectivity index (χ2n) is 15.5. The van der Waals surface area contributed by atoms with Gasteiger partial charge in [-0.2, -0.15) is 0 Å². The number of hydrogen-bond acceptors (Lipinski definition) is 6. The SMILES string of the molecule is CC(C)(C)[Si](C)(C)O[C@H]1[C@@H](CO[Si](c2ccccc2)(c2ccccc2)C(C)(C)C)[C@H]2CO[C@@H]3CC(=O)O[C@@H]3[C@]23O[C@]13C. The van der Waals surface area contributed by atoms with Crippen molar-refractivity contribution in [3.63, 3.8) is 0 Å². The summed E-state index contributed by atoms with van der Waals surface area (Å²) >= 11 is 0. The number of epoxide rings is 1. The van der Waals surface area contributed by atoms with Gasteiger partial charge in [-0.05, 0) is 40.5 Å². The molecule has 1 spiro atoms. The van der Waals surface area contributed by atoms with Gasteiger partial charge in [-0.3, -0.25) is 4.79 Å². The Labute approximate surface area is 253 Å². The summed E-state index contributed by atoms with van der Waals surface area (Å²) in [7, 11) is -4.98. The molecule has 6 nitrogen and oxygen atoms in total. The number of benzene rings is 2. The number of ether oxygens (including phenoxy) is 3. The van der Waals surface area contributed by atoms with Crippen LogP contribution in [0.3, 0.4) is 0 Å². The molecule has 2 aromatic carbocycles. The highest BCUT2D eigenvalue weighted by molar-refractivity contribution is 6.99. The Hall–Kier alpha value is -1.82. The predicted molar refractivity (Wildman–Crippen MR) is 169 cm³/mol. The maximum atomic E-state index is 12.5. The van der Waals surface area contributed by atoms with Crippen molar-refractivity contribution in [2.24, 2.45) is 11.8 Å². The van der Waals surface area contributed by atoms with E-state index in [9.17, 15) is 4.79 Å². The zero-order valence-corrected chi connectivity index (χ0v) is 28.7. The van der Waals surface area contributed by atoms with Crippen molar-refractivity contribution in [2.75, 3.05) is 13.2 Å². The molecular formula is C34H48O6Si2. The third-order valence-electron chi connectivity index (χ3n) is 11.1.